The van der Waals surface area contributed by atoms with E-state index in [4.69, 9.17) is 4.42 Å². The molecule has 0 aromatic carbocycles. The number of hydrogen-bond acceptors (Lipinski definition) is 5. The molecule has 0 atom stereocenters. The van der Waals surface area contributed by atoms with E-state index in [-0.39, 0.29) is 18.4 Å². The Morgan fingerprint density at radius 1 is 1.27 bits per heavy atom. The van der Waals surface area contributed by atoms with Gasteiger partial charge >= 0.3 is 0 Å². The Morgan fingerprint density at radius 3 is 2.88 bits per heavy atom. The minimum Gasteiger partial charge on any atom is -0.465 e. The smallest absolute Gasteiger partial charge is 0.275 e. The summed E-state index contributed by atoms with van der Waals surface area (Å²) in [5.41, 5.74) is 2.39. The van der Waals surface area contributed by atoms with Crippen molar-refractivity contribution in [3.63, 3.8) is 0 Å². The van der Waals surface area contributed by atoms with Crippen LogP contribution in [0.1, 0.15) is 40.2 Å². The highest BCUT2D eigenvalue weighted by Gasteiger charge is 2.30. The molecule has 2 aromatic rings. The third-order valence-corrected chi connectivity index (χ3v) is 4.99. The SMILES string of the molecule is CCc1ccc(CN2CCc3[nH]nc(C(=O)N4CCNC(=O)C4)c3C2)o1. The van der Waals surface area contributed by atoms with Crippen molar-refractivity contribution in [1.82, 2.24) is 25.3 Å². The Bertz CT molecular complexity index is 825. The first-order valence-corrected chi connectivity index (χ1v) is 9.06. The van der Waals surface area contributed by atoms with Crippen LogP contribution in [0.4, 0.5) is 0 Å². The maximum atomic E-state index is 12.8. The first-order chi connectivity index (χ1) is 12.6. The normalized spacial score (nSPS) is 17.9. The molecule has 1 fully saturated rings. The van der Waals surface area contributed by atoms with Crippen LogP contribution in [-0.4, -0.2) is 58.0 Å². The molecule has 2 N–H and O–H groups in total. The topological polar surface area (TPSA) is 94.5 Å². The van der Waals surface area contributed by atoms with Crippen molar-refractivity contribution in [2.75, 3.05) is 26.2 Å². The summed E-state index contributed by atoms with van der Waals surface area (Å²) in [4.78, 5) is 28.2. The van der Waals surface area contributed by atoms with Gasteiger partial charge in [-0.05, 0) is 12.1 Å². The highest BCUT2D eigenvalue weighted by Crippen LogP contribution is 2.23. The molecular weight excluding hydrogens is 334 g/mol. The molecule has 0 radical (unpaired) electrons. The van der Waals surface area contributed by atoms with E-state index in [0.29, 0.717) is 31.9 Å². The average molecular weight is 357 g/mol. The van der Waals surface area contributed by atoms with Crippen molar-refractivity contribution in [1.29, 1.82) is 0 Å². The van der Waals surface area contributed by atoms with Crippen molar-refractivity contribution in [2.24, 2.45) is 0 Å². The molecule has 8 heteroatoms. The van der Waals surface area contributed by atoms with Gasteiger partial charge in [-0.1, -0.05) is 6.92 Å². The summed E-state index contributed by atoms with van der Waals surface area (Å²) < 4.78 is 5.80. The Morgan fingerprint density at radius 2 is 2.12 bits per heavy atom. The predicted molar refractivity (Wildman–Crippen MR) is 93.4 cm³/mol. The van der Waals surface area contributed by atoms with Crippen LogP contribution in [0, 0.1) is 0 Å². The molecule has 26 heavy (non-hydrogen) atoms. The maximum absolute atomic E-state index is 12.8. The van der Waals surface area contributed by atoms with Gasteiger partial charge in [-0.15, -0.1) is 0 Å². The fourth-order valence-corrected chi connectivity index (χ4v) is 3.54. The number of carbonyl (C=O) groups excluding carboxylic acids is 2. The number of H-pyrrole nitrogens is 1. The molecule has 0 unspecified atom stereocenters. The van der Waals surface area contributed by atoms with Crippen LogP contribution < -0.4 is 5.32 Å². The van der Waals surface area contributed by atoms with Crippen LogP contribution in [-0.2, 0) is 30.7 Å². The molecule has 138 valence electrons. The van der Waals surface area contributed by atoms with Gasteiger partial charge in [0.05, 0.1) is 13.1 Å². The molecule has 2 amide bonds. The van der Waals surface area contributed by atoms with Gasteiger partial charge in [0.25, 0.3) is 5.91 Å². The molecular formula is C18H23N5O3. The number of aromatic nitrogens is 2. The van der Waals surface area contributed by atoms with Gasteiger partial charge in [-0.25, -0.2) is 0 Å². The predicted octanol–water partition coefficient (Wildman–Crippen LogP) is 0.695. The van der Waals surface area contributed by atoms with Crippen molar-refractivity contribution in [3.05, 3.63) is 40.6 Å². The summed E-state index contributed by atoms with van der Waals surface area (Å²) >= 11 is 0. The number of nitrogens with zero attached hydrogens (tertiary/aromatic N) is 3. The summed E-state index contributed by atoms with van der Waals surface area (Å²) in [6.45, 7) is 5.41. The molecule has 8 nitrogen and oxygen atoms in total. The monoisotopic (exact) mass is 357 g/mol. The third-order valence-electron chi connectivity index (χ3n) is 4.99. The molecule has 2 aliphatic rings. The number of furan rings is 1. The second kappa shape index (κ2) is 6.95. The molecule has 0 bridgehead atoms. The van der Waals surface area contributed by atoms with E-state index >= 15 is 0 Å². The Hall–Kier alpha value is -2.61. The molecule has 0 saturated carbocycles. The lowest BCUT2D eigenvalue weighted by Gasteiger charge is -2.28. The molecule has 4 heterocycles. The summed E-state index contributed by atoms with van der Waals surface area (Å²) in [5.74, 6) is 1.63. The number of carbonyl (C=O) groups is 2. The Kier molecular flexibility index (Phi) is 4.50. The minimum absolute atomic E-state index is 0.0936. The van der Waals surface area contributed by atoms with Crippen LogP contribution in [0.15, 0.2) is 16.5 Å². The van der Waals surface area contributed by atoms with Crippen molar-refractivity contribution in [2.45, 2.75) is 32.9 Å². The van der Waals surface area contributed by atoms with Crippen LogP contribution in [0.3, 0.4) is 0 Å². The molecule has 2 aromatic heterocycles. The van der Waals surface area contributed by atoms with Gasteiger partial charge < -0.3 is 14.6 Å². The number of amides is 2. The average Bonchev–Trinajstić information content (AvgIpc) is 3.27. The van der Waals surface area contributed by atoms with Crippen LogP contribution in [0.25, 0.3) is 0 Å². The second-order valence-electron chi connectivity index (χ2n) is 6.79. The van der Waals surface area contributed by atoms with E-state index in [9.17, 15) is 9.59 Å². The quantitative estimate of drug-likeness (QED) is 0.840. The number of piperazine rings is 1. The Labute approximate surface area is 151 Å². The minimum atomic E-state index is -0.175. The first kappa shape index (κ1) is 16.8. The summed E-state index contributed by atoms with van der Waals surface area (Å²) in [6.07, 6.45) is 1.70. The van der Waals surface area contributed by atoms with Gasteiger partial charge in [-0.3, -0.25) is 19.6 Å². The van der Waals surface area contributed by atoms with Crippen LogP contribution in [0.2, 0.25) is 0 Å². The van der Waals surface area contributed by atoms with E-state index < -0.39 is 0 Å². The van der Waals surface area contributed by atoms with Gasteiger partial charge in [0.15, 0.2) is 5.69 Å². The van der Waals surface area contributed by atoms with Crippen molar-refractivity contribution >= 4 is 11.8 Å². The van der Waals surface area contributed by atoms with E-state index in [2.05, 4.69) is 27.3 Å². The van der Waals surface area contributed by atoms with E-state index in [1.54, 1.807) is 4.90 Å². The number of aromatic amines is 1. The fraction of sp³-hybridized carbons (Fsp3) is 0.500. The maximum Gasteiger partial charge on any atom is 0.275 e. The number of aryl methyl sites for hydroxylation is 1. The van der Waals surface area contributed by atoms with E-state index in [1.165, 1.54) is 0 Å². The number of hydrogen-bond donors (Lipinski definition) is 2. The first-order valence-electron chi connectivity index (χ1n) is 9.06. The van der Waals surface area contributed by atoms with Crippen LogP contribution in [0.5, 0.6) is 0 Å². The van der Waals surface area contributed by atoms with Gasteiger partial charge in [0.1, 0.15) is 11.5 Å². The summed E-state index contributed by atoms with van der Waals surface area (Å²) in [5, 5.41) is 10.0. The van der Waals surface area contributed by atoms with Gasteiger partial charge in [0, 0.05) is 50.3 Å². The summed E-state index contributed by atoms with van der Waals surface area (Å²) in [7, 11) is 0. The lowest BCUT2D eigenvalue weighted by molar-refractivity contribution is -0.123. The largest absolute Gasteiger partial charge is 0.465 e. The third kappa shape index (κ3) is 3.24. The van der Waals surface area contributed by atoms with E-state index in [0.717, 1.165) is 42.2 Å². The zero-order valence-electron chi connectivity index (χ0n) is 14.9. The Balaban J connectivity index is 1.48. The molecule has 4 rings (SSSR count). The highest BCUT2D eigenvalue weighted by molar-refractivity contribution is 5.96. The summed E-state index contributed by atoms with van der Waals surface area (Å²) in [6, 6.07) is 4.03. The lowest BCUT2D eigenvalue weighted by Crippen LogP contribution is -2.50. The zero-order valence-corrected chi connectivity index (χ0v) is 14.9. The number of fused-ring (bicyclic) bond motifs is 1. The standard InChI is InChI=1S/C18H23N5O3/c1-2-12-3-4-13(26-12)9-22-7-5-15-14(10-22)17(21-20-15)18(25)23-8-6-19-16(24)11-23/h3-4H,2,5-11H2,1H3,(H,19,24)(H,20,21). The van der Waals surface area contributed by atoms with Crippen molar-refractivity contribution < 1.29 is 14.0 Å². The zero-order chi connectivity index (χ0) is 18.1. The molecule has 2 aliphatic heterocycles. The highest BCUT2D eigenvalue weighted by atomic mass is 16.3. The molecule has 1 saturated heterocycles. The molecule has 0 spiro atoms. The second-order valence-corrected chi connectivity index (χ2v) is 6.79. The van der Waals surface area contributed by atoms with E-state index in [1.807, 2.05) is 12.1 Å². The van der Waals surface area contributed by atoms with Gasteiger partial charge in [-0.2, -0.15) is 5.10 Å². The van der Waals surface area contributed by atoms with Crippen LogP contribution >= 0.6 is 0 Å². The number of rotatable bonds is 4. The fourth-order valence-electron chi connectivity index (χ4n) is 3.54. The molecule has 0 aliphatic carbocycles. The lowest BCUT2D eigenvalue weighted by atomic mass is 10.0. The van der Waals surface area contributed by atoms with Crippen molar-refractivity contribution in [3.8, 4) is 0 Å². The number of nitrogens with one attached hydrogen (secondary N) is 2. The van der Waals surface area contributed by atoms with Gasteiger partial charge in [0.2, 0.25) is 5.91 Å².